The molecule has 2 aromatic rings. The minimum absolute atomic E-state index is 0.226. The van der Waals surface area contributed by atoms with E-state index in [0.29, 0.717) is 31.4 Å². The lowest BCUT2D eigenvalue weighted by atomic mass is 10.00. The SMILES string of the molecule is CN=C(NCCC(=O)N1CCCC(C)C1)NCc1ccccc1Cn1cccn1. The second kappa shape index (κ2) is 10.6. The highest BCUT2D eigenvalue weighted by Gasteiger charge is 2.20. The highest BCUT2D eigenvalue weighted by atomic mass is 16.2. The molecule has 0 radical (unpaired) electrons. The zero-order valence-electron chi connectivity index (χ0n) is 17.5. The number of amides is 1. The van der Waals surface area contributed by atoms with Crippen LogP contribution in [0, 0.1) is 5.92 Å². The van der Waals surface area contributed by atoms with E-state index in [1.165, 1.54) is 17.5 Å². The van der Waals surface area contributed by atoms with Crippen LogP contribution in [-0.4, -0.2) is 53.2 Å². The molecule has 7 nitrogen and oxygen atoms in total. The van der Waals surface area contributed by atoms with Crippen LogP contribution >= 0.6 is 0 Å². The average molecular weight is 397 g/mol. The number of guanidine groups is 1. The maximum atomic E-state index is 12.4. The van der Waals surface area contributed by atoms with Crippen molar-refractivity contribution in [2.45, 2.75) is 39.3 Å². The van der Waals surface area contributed by atoms with Gasteiger partial charge in [-0.3, -0.25) is 14.5 Å². The van der Waals surface area contributed by atoms with Crippen molar-refractivity contribution in [3.8, 4) is 0 Å². The van der Waals surface area contributed by atoms with Gasteiger partial charge < -0.3 is 15.5 Å². The van der Waals surface area contributed by atoms with Gasteiger partial charge in [-0.15, -0.1) is 0 Å². The van der Waals surface area contributed by atoms with Crippen molar-refractivity contribution in [3.63, 3.8) is 0 Å². The van der Waals surface area contributed by atoms with E-state index in [1.54, 1.807) is 13.2 Å². The van der Waals surface area contributed by atoms with Crippen LogP contribution in [0.5, 0.6) is 0 Å². The Morgan fingerprint density at radius 1 is 1.24 bits per heavy atom. The third-order valence-electron chi connectivity index (χ3n) is 5.32. The summed E-state index contributed by atoms with van der Waals surface area (Å²) in [5.41, 5.74) is 2.41. The summed E-state index contributed by atoms with van der Waals surface area (Å²) < 4.78 is 1.92. The molecule has 0 spiro atoms. The maximum absolute atomic E-state index is 12.4. The molecule has 1 fully saturated rings. The van der Waals surface area contributed by atoms with E-state index in [2.05, 4.69) is 39.8 Å². The number of aliphatic imine (C=N–C) groups is 1. The molecule has 3 rings (SSSR count). The minimum Gasteiger partial charge on any atom is -0.356 e. The fourth-order valence-electron chi connectivity index (χ4n) is 3.71. The minimum atomic E-state index is 0.226. The van der Waals surface area contributed by atoms with Crippen molar-refractivity contribution in [3.05, 3.63) is 53.9 Å². The Morgan fingerprint density at radius 3 is 2.79 bits per heavy atom. The molecule has 1 aromatic carbocycles. The monoisotopic (exact) mass is 396 g/mol. The number of carbonyl (C=O) groups is 1. The van der Waals surface area contributed by atoms with Crippen LogP contribution in [-0.2, 0) is 17.9 Å². The van der Waals surface area contributed by atoms with Gasteiger partial charge in [0.2, 0.25) is 5.91 Å². The van der Waals surface area contributed by atoms with Gasteiger partial charge >= 0.3 is 0 Å². The number of rotatable bonds is 7. The maximum Gasteiger partial charge on any atom is 0.224 e. The molecule has 7 heteroatoms. The Kier molecular flexibility index (Phi) is 7.67. The van der Waals surface area contributed by atoms with Crippen molar-refractivity contribution in [2.75, 3.05) is 26.7 Å². The van der Waals surface area contributed by atoms with E-state index < -0.39 is 0 Å². The van der Waals surface area contributed by atoms with Crippen LogP contribution in [0.2, 0.25) is 0 Å². The molecule has 1 saturated heterocycles. The number of benzene rings is 1. The second-order valence-electron chi connectivity index (χ2n) is 7.66. The number of piperidine rings is 1. The summed E-state index contributed by atoms with van der Waals surface area (Å²) in [6, 6.07) is 10.2. The molecule has 0 aliphatic carbocycles. The fourth-order valence-corrected chi connectivity index (χ4v) is 3.71. The number of nitrogens with one attached hydrogen (secondary N) is 2. The van der Waals surface area contributed by atoms with Gasteiger partial charge in [0.1, 0.15) is 0 Å². The predicted molar refractivity (Wildman–Crippen MR) is 116 cm³/mol. The molecule has 156 valence electrons. The molecule has 2 heterocycles. The average Bonchev–Trinajstić information content (AvgIpc) is 3.24. The molecule has 1 aliphatic rings. The van der Waals surface area contributed by atoms with Crippen LogP contribution in [0.1, 0.15) is 37.3 Å². The Labute approximate surface area is 173 Å². The number of carbonyl (C=O) groups excluding carboxylic acids is 1. The summed E-state index contributed by atoms with van der Waals surface area (Å²) in [5, 5.41) is 10.9. The summed E-state index contributed by atoms with van der Waals surface area (Å²) in [6.07, 6.45) is 6.58. The molecular formula is C22H32N6O. The lowest BCUT2D eigenvalue weighted by Gasteiger charge is -2.31. The summed E-state index contributed by atoms with van der Waals surface area (Å²) in [6.45, 7) is 5.97. The molecule has 1 unspecified atom stereocenters. The van der Waals surface area contributed by atoms with Crippen molar-refractivity contribution < 1.29 is 4.79 Å². The quantitative estimate of drug-likeness (QED) is 0.556. The smallest absolute Gasteiger partial charge is 0.224 e. The Hall–Kier alpha value is -2.83. The lowest BCUT2D eigenvalue weighted by molar-refractivity contribution is -0.132. The normalized spacial score (nSPS) is 17.2. The molecule has 1 aromatic heterocycles. The standard InChI is InChI=1S/C22H32N6O/c1-18-7-5-13-27(16-18)21(29)10-12-24-22(23-2)25-15-19-8-3-4-9-20(19)17-28-14-6-11-26-28/h3-4,6,8-9,11,14,18H,5,7,10,12-13,15-17H2,1-2H3,(H2,23,24,25). The first-order valence-electron chi connectivity index (χ1n) is 10.4. The molecule has 1 atom stereocenters. The first-order chi connectivity index (χ1) is 14.2. The van der Waals surface area contributed by atoms with E-state index in [4.69, 9.17) is 0 Å². The summed E-state index contributed by atoms with van der Waals surface area (Å²) in [7, 11) is 1.75. The van der Waals surface area contributed by atoms with Gasteiger partial charge in [0.15, 0.2) is 5.96 Å². The lowest BCUT2D eigenvalue weighted by Crippen LogP contribution is -2.42. The van der Waals surface area contributed by atoms with Crippen molar-refractivity contribution in [2.24, 2.45) is 10.9 Å². The van der Waals surface area contributed by atoms with Crippen LogP contribution in [0.3, 0.4) is 0 Å². The molecule has 1 aliphatic heterocycles. The van der Waals surface area contributed by atoms with E-state index in [9.17, 15) is 4.79 Å². The predicted octanol–water partition coefficient (Wildman–Crippen LogP) is 2.24. The van der Waals surface area contributed by atoms with Gasteiger partial charge in [-0.05, 0) is 36.0 Å². The largest absolute Gasteiger partial charge is 0.356 e. The van der Waals surface area contributed by atoms with Crippen molar-refractivity contribution in [1.29, 1.82) is 0 Å². The van der Waals surface area contributed by atoms with Gasteiger partial charge in [-0.2, -0.15) is 5.10 Å². The van der Waals surface area contributed by atoms with Gasteiger partial charge in [0.25, 0.3) is 0 Å². The summed E-state index contributed by atoms with van der Waals surface area (Å²) in [4.78, 5) is 18.7. The van der Waals surface area contributed by atoms with Crippen LogP contribution in [0.25, 0.3) is 0 Å². The van der Waals surface area contributed by atoms with E-state index >= 15 is 0 Å². The fraction of sp³-hybridized carbons (Fsp3) is 0.500. The number of likely N-dealkylation sites (tertiary alicyclic amines) is 1. The number of aromatic nitrogens is 2. The molecule has 2 N–H and O–H groups in total. The molecular weight excluding hydrogens is 364 g/mol. The molecule has 0 saturated carbocycles. The molecule has 29 heavy (non-hydrogen) atoms. The first-order valence-corrected chi connectivity index (χ1v) is 10.4. The van der Waals surface area contributed by atoms with Gasteiger partial charge in [0.05, 0.1) is 6.54 Å². The third kappa shape index (κ3) is 6.34. The summed E-state index contributed by atoms with van der Waals surface area (Å²) in [5.74, 6) is 1.54. The Balaban J connectivity index is 1.45. The van der Waals surface area contributed by atoms with Gasteiger partial charge in [-0.1, -0.05) is 31.2 Å². The van der Waals surface area contributed by atoms with E-state index in [0.717, 1.165) is 26.1 Å². The molecule has 0 bridgehead atoms. The highest BCUT2D eigenvalue weighted by Crippen LogP contribution is 2.16. The van der Waals surface area contributed by atoms with Crippen molar-refractivity contribution in [1.82, 2.24) is 25.3 Å². The van der Waals surface area contributed by atoms with Gasteiger partial charge in [0, 0.05) is 52.0 Å². The second-order valence-corrected chi connectivity index (χ2v) is 7.66. The Morgan fingerprint density at radius 2 is 2.07 bits per heavy atom. The van der Waals surface area contributed by atoms with E-state index in [-0.39, 0.29) is 5.91 Å². The number of nitrogens with zero attached hydrogens (tertiary/aromatic N) is 4. The summed E-state index contributed by atoms with van der Waals surface area (Å²) >= 11 is 0. The molecule has 1 amide bonds. The topological polar surface area (TPSA) is 74.6 Å². The number of hydrogen-bond donors (Lipinski definition) is 2. The highest BCUT2D eigenvalue weighted by molar-refractivity contribution is 5.81. The Bertz CT molecular complexity index is 801. The van der Waals surface area contributed by atoms with Crippen LogP contribution in [0.4, 0.5) is 0 Å². The third-order valence-corrected chi connectivity index (χ3v) is 5.32. The van der Waals surface area contributed by atoms with E-state index in [1.807, 2.05) is 34.0 Å². The first kappa shape index (κ1) is 20.9. The number of hydrogen-bond acceptors (Lipinski definition) is 3. The zero-order chi connectivity index (χ0) is 20.5. The van der Waals surface area contributed by atoms with Gasteiger partial charge in [-0.25, -0.2) is 0 Å². The van der Waals surface area contributed by atoms with Crippen molar-refractivity contribution >= 4 is 11.9 Å². The zero-order valence-corrected chi connectivity index (χ0v) is 17.5. The van der Waals surface area contributed by atoms with Crippen LogP contribution in [0.15, 0.2) is 47.7 Å². The van der Waals surface area contributed by atoms with Crippen LogP contribution < -0.4 is 10.6 Å².